The van der Waals surface area contributed by atoms with E-state index in [1.807, 2.05) is 0 Å². The minimum atomic E-state index is -4.23. The van der Waals surface area contributed by atoms with E-state index in [1.54, 1.807) is 31.2 Å². The summed E-state index contributed by atoms with van der Waals surface area (Å²) in [5, 5.41) is 7.92. The summed E-state index contributed by atoms with van der Waals surface area (Å²) in [5.41, 5.74) is 1.23. The van der Waals surface area contributed by atoms with E-state index >= 15 is 0 Å². The Morgan fingerprint density at radius 3 is 1.88 bits per heavy atom. The van der Waals surface area contributed by atoms with Gasteiger partial charge in [-0.05, 0) is 55.5 Å². The molecule has 0 amide bonds. The van der Waals surface area contributed by atoms with E-state index in [0.29, 0.717) is 22.7 Å². The molecule has 124 valence electrons. The summed E-state index contributed by atoms with van der Waals surface area (Å²) in [6.45, 7) is 5.05. The Morgan fingerprint density at radius 1 is 1.00 bits per heavy atom. The van der Waals surface area contributed by atoms with Gasteiger partial charge >= 0.3 is 5.97 Å². The SMILES string of the molecule is C=C(C)C(=O)Oc1ccc(N=Nc2ccc(S(=O)(=O)O)cc2)cc1. The number of carbonyl (C=O) groups excluding carboxylic acids is 1. The molecule has 0 fully saturated rings. The van der Waals surface area contributed by atoms with Crippen LogP contribution in [0.2, 0.25) is 0 Å². The van der Waals surface area contributed by atoms with Gasteiger partial charge in [-0.15, -0.1) is 0 Å². The number of benzene rings is 2. The number of rotatable bonds is 5. The number of hydrogen-bond acceptors (Lipinski definition) is 6. The normalized spacial score (nSPS) is 11.4. The first kappa shape index (κ1) is 17.5. The number of nitrogens with zero attached hydrogens (tertiary/aromatic N) is 2. The smallest absolute Gasteiger partial charge is 0.338 e. The standard InChI is InChI=1S/C16H14N2O5S/c1-11(2)16(19)23-14-7-3-12(4-8-14)17-18-13-5-9-15(10-6-13)24(20,21)22/h3-10H,1H2,2H3,(H,20,21,22). The molecule has 0 aromatic heterocycles. The number of azo groups is 1. The van der Waals surface area contributed by atoms with E-state index in [-0.39, 0.29) is 4.90 Å². The van der Waals surface area contributed by atoms with E-state index in [1.165, 1.54) is 24.3 Å². The summed E-state index contributed by atoms with van der Waals surface area (Å²) in [7, 11) is -4.23. The summed E-state index contributed by atoms with van der Waals surface area (Å²) in [5.74, 6) is -0.150. The van der Waals surface area contributed by atoms with Crippen molar-refractivity contribution in [1.29, 1.82) is 0 Å². The van der Waals surface area contributed by atoms with Gasteiger partial charge in [-0.1, -0.05) is 6.58 Å². The second-order valence-corrected chi connectivity index (χ2v) is 6.25. The summed E-state index contributed by atoms with van der Waals surface area (Å²) >= 11 is 0. The second-order valence-electron chi connectivity index (χ2n) is 4.83. The zero-order chi connectivity index (χ0) is 17.7. The fourth-order valence-electron chi connectivity index (χ4n) is 1.58. The van der Waals surface area contributed by atoms with Crippen LogP contribution in [0, 0.1) is 0 Å². The molecule has 0 spiro atoms. The molecule has 8 heteroatoms. The summed E-state index contributed by atoms with van der Waals surface area (Å²) in [4.78, 5) is 11.2. The average molecular weight is 346 g/mol. The zero-order valence-corrected chi connectivity index (χ0v) is 13.5. The predicted octanol–water partition coefficient (Wildman–Crippen LogP) is 3.83. The van der Waals surface area contributed by atoms with Gasteiger partial charge in [0.1, 0.15) is 5.75 Å². The lowest BCUT2D eigenvalue weighted by Gasteiger charge is -2.03. The Morgan fingerprint density at radius 2 is 1.46 bits per heavy atom. The topological polar surface area (TPSA) is 105 Å². The van der Waals surface area contributed by atoms with E-state index in [9.17, 15) is 13.2 Å². The van der Waals surface area contributed by atoms with Gasteiger partial charge in [-0.2, -0.15) is 18.6 Å². The van der Waals surface area contributed by atoms with E-state index < -0.39 is 16.1 Å². The maximum Gasteiger partial charge on any atom is 0.338 e. The molecule has 2 aromatic carbocycles. The minimum Gasteiger partial charge on any atom is -0.423 e. The van der Waals surface area contributed by atoms with Crippen LogP contribution in [0.1, 0.15) is 6.92 Å². The van der Waals surface area contributed by atoms with Gasteiger partial charge in [0.05, 0.1) is 16.3 Å². The highest BCUT2D eigenvalue weighted by molar-refractivity contribution is 7.85. The largest absolute Gasteiger partial charge is 0.423 e. The molecular formula is C16H14N2O5S. The number of ether oxygens (including phenoxy) is 1. The van der Waals surface area contributed by atoms with Crippen molar-refractivity contribution in [3.8, 4) is 5.75 Å². The Labute approximate surface area is 139 Å². The van der Waals surface area contributed by atoms with Crippen molar-refractivity contribution >= 4 is 27.5 Å². The molecule has 2 rings (SSSR count). The zero-order valence-electron chi connectivity index (χ0n) is 12.7. The molecule has 24 heavy (non-hydrogen) atoms. The lowest BCUT2D eigenvalue weighted by molar-refractivity contribution is -0.130. The molecule has 1 N–H and O–H groups in total. The molecule has 2 aromatic rings. The molecule has 0 bridgehead atoms. The van der Waals surface area contributed by atoms with Gasteiger partial charge < -0.3 is 4.74 Å². The van der Waals surface area contributed by atoms with Crippen LogP contribution in [-0.2, 0) is 14.9 Å². The number of carbonyl (C=O) groups is 1. The molecule has 7 nitrogen and oxygen atoms in total. The van der Waals surface area contributed by atoms with Crippen LogP contribution in [0.15, 0.2) is 75.8 Å². The predicted molar refractivity (Wildman–Crippen MR) is 87.3 cm³/mol. The Balaban J connectivity index is 2.07. The first-order valence-corrected chi connectivity index (χ1v) is 8.17. The first-order chi connectivity index (χ1) is 11.3. The van der Waals surface area contributed by atoms with Gasteiger partial charge in [0, 0.05) is 5.57 Å². The average Bonchev–Trinajstić information content (AvgIpc) is 2.53. The van der Waals surface area contributed by atoms with Crippen LogP contribution in [0.3, 0.4) is 0 Å². The van der Waals surface area contributed by atoms with E-state index in [4.69, 9.17) is 9.29 Å². The molecule has 0 radical (unpaired) electrons. The number of hydrogen-bond donors (Lipinski definition) is 1. The lowest BCUT2D eigenvalue weighted by Crippen LogP contribution is -2.07. The molecule has 0 aliphatic heterocycles. The van der Waals surface area contributed by atoms with Crippen molar-refractivity contribution in [3.05, 3.63) is 60.7 Å². The fraction of sp³-hybridized carbons (Fsp3) is 0.0625. The maximum atomic E-state index is 11.4. The monoisotopic (exact) mass is 346 g/mol. The second kappa shape index (κ2) is 7.16. The van der Waals surface area contributed by atoms with Gasteiger partial charge in [0.15, 0.2) is 0 Å². The van der Waals surface area contributed by atoms with Crippen molar-refractivity contribution in [3.63, 3.8) is 0 Å². The van der Waals surface area contributed by atoms with E-state index in [0.717, 1.165) is 0 Å². The van der Waals surface area contributed by atoms with Crippen LogP contribution < -0.4 is 4.74 Å². The first-order valence-electron chi connectivity index (χ1n) is 6.73. The van der Waals surface area contributed by atoms with Gasteiger partial charge in [0.25, 0.3) is 10.1 Å². The van der Waals surface area contributed by atoms with Crippen molar-refractivity contribution in [2.75, 3.05) is 0 Å². The van der Waals surface area contributed by atoms with Crippen molar-refractivity contribution in [1.82, 2.24) is 0 Å². The quantitative estimate of drug-likeness (QED) is 0.291. The van der Waals surface area contributed by atoms with Crippen LogP contribution in [0.25, 0.3) is 0 Å². The highest BCUT2D eigenvalue weighted by atomic mass is 32.2. The molecule has 0 aliphatic carbocycles. The third-order valence-electron chi connectivity index (χ3n) is 2.81. The van der Waals surface area contributed by atoms with Gasteiger partial charge in [-0.25, -0.2) is 4.79 Å². The maximum absolute atomic E-state index is 11.4. The molecule has 0 aliphatic rings. The Bertz CT molecular complexity index is 885. The van der Waals surface area contributed by atoms with Crippen molar-refractivity contribution < 1.29 is 22.5 Å². The summed E-state index contributed by atoms with van der Waals surface area (Å²) in [6, 6.07) is 11.6. The highest BCUT2D eigenvalue weighted by Crippen LogP contribution is 2.22. The van der Waals surface area contributed by atoms with Crippen molar-refractivity contribution in [2.24, 2.45) is 10.2 Å². The van der Waals surface area contributed by atoms with E-state index in [2.05, 4.69) is 16.8 Å². The third-order valence-corrected chi connectivity index (χ3v) is 3.68. The van der Waals surface area contributed by atoms with Crippen LogP contribution >= 0.6 is 0 Å². The lowest BCUT2D eigenvalue weighted by atomic mass is 10.3. The molecule has 0 atom stereocenters. The van der Waals surface area contributed by atoms with Gasteiger partial charge in [-0.3, -0.25) is 4.55 Å². The minimum absolute atomic E-state index is 0.217. The van der Waals surface area contributed by atoms with Crippen LogP contribution in [0.4, 0.5) is 11.4 Å². The van der Waals surface area contributed by atoms with Crippen LogP contribution in [0.5, 0.6) is 5.75 Å². The summed E-state index contributed by atoms with van der Waals surface area (Å²) in [6.07, 6.45) is 0. The molecule has 0 heterocycles. The molecule has 0 unspecified atom stereocenters. The third kappa shape index (κ3) is 4.83. The highest BCUT2D eigenvalue weighted by Gasteiger charge is 2.08. The molecular weight excluding hydrogens is 332 g/mol. The van der Waals surface area contributed by atoms with Crippen molar-refractivity contribution in [2.45, 2.75) is 11.8 Å². The Kier molecular flexibility index (Phi) is 5.22. The Hall–Kier alpha value is -2.84. The fourth-order valence-corrected chi connectivity index (χ4v) is 2.06. The van der Waals surface area contributed by atoms with Gasteiger partial charge in [0.2, 0.25) is 0 Å². The number of esters is 1. The van der Waals surface area contributed by atoms with Crippen LogP contribution in [-0.4, -0.2) is 18.9 Å². The summed E-state index contributed by atoms with van der Waals surface area (Å²) < 4.78 is 35.8. The molecule has 0 saturated heterocycles. The molecule has 0 saturated carbocycles.